The summed E-state index contributed by atoms with van der Waals surface area (Å²) in [5, 5.41) is 48.5. The Morgan fingerprint density at radius 1 is 1.00 bits per heavy atom. The van der Waals surface area contributed by atoms with E-state index in [1.54, 1.807) is 39.8 Å². The molecule has 0 aromatic heterocycles. The summed E-state index contributed by atoms with van der Waals surface area (Å²) in [5.41, 5.74) is 0. The molecule has 0 aromatic rings. The highest BCUT2D eigenvalue weighted by Gasteiger charge is 2.44. The van der Waals surface area contributed by atoms with Crippen LogP contribution >= 0.6 is 0 Å². The second-order valence-electron chi connectivity index (χ2n) is 7.68. The average Bonchev–Trinajstić information content (AvgIpc) is 3.09. The number of nitrogens with zero attached hydrogens (tertiary/aromatic N) is 3. The summed E-state index contributed by atoms with van der Waals surface area (Å²) in [6, 6.07) is 0.142. The van der Waals surface area contributed by atoms with Crippen LogP contribution in [0.2, 0.25) is 0 Å². The van der Waals surface area contributed by atoms with Gasteiger partial charge in [0.15, 0.2) is 19.1 Å². The number of aliphatic hydroxyl groups is 4. The van der Waals surface area contributed by atoms with Crippen LogP contribution in [0.3, 0.4) is 0 Å². The fourth-order valence-corrected chi connectivity index (χ4v) is 3.91. The summed E-state index contributed by atoms with van der Waals surface area (Å²) in [6.07, 6.45) is 0.587. The summed E-state index contributed by atoms with van der Waals surface area (Å²) in [4.78, 5) is 0. The van der Waals surface area contributed by atoms with Gasteiger partial charge in [0.25, 0.3) is 0 Å². The number of hydrogen-bond acceptors (Lipinski definition) is 8. The second-order valence-corrected chi connectivity index (χ2v) is 7.68. The molecular weight excluding hydrogens is 352 g/mol. The molecule has 0 aromatic carbocycles. The van der Waals surface area contributed by atoms with E-state index < -0.39 is 24.9 Å². The van der Waals surface area contributed by atoms with E-state index in [2.05, 4.69) is 5.32 Å². The van der Waals surface area contributed by atoms with Crippen LogP contribution in [0.15, 0.2) is 0 Å². The van der Waals surface area contributed by atoms with Crippen LogP contribution < -0.4 is 5.32 Å². The summed E-state index contributed by atoms with van der Waals surface area (Å²) in [6.45, 7) is 8.26. The van der Waals surface area contributed by atoms with E-state index in [1.807, 2.05) is 5.01 Å². The minimum absolute atomic E-state index is 0.0455. The van der Waals surface area contributed by atoms with E-state index in [0.717, 1.165) is 25.7 Å². The molecule has 5 N–H and O–H groups in total. The van der Waals surface area contributed by atoms with Crippen LogP contribution in [0.1, 0.15) is 53.4 Å². The van der Waals surface area contributed by atoms with Gasteiger partial charge >= 0.3 is 0 Å². The third kappa shape index (κ3) is 6.59. The summed E-state index contributed by atoms with van der Waals surface area (Å²) < 4.78 is 5.02. The zero-order chi connectivity index (χ0) is 20.6. The lowest BCUT2D eigenvalue weighted by atomic mass is 10.2. The highest BCUT2D eigenvalue weighted by molar-refractivity contribution is 4.76. The first-order valence-corrected chi connectivity index (χ1v) is 10.0. The van der Waals surface area contributed by atoms with E-state index in [9.17, 15) is 20.4 Å². The highest BCUT2D eigenvalue weighted by atomic mass is 16.5. The van der Waals surface area contributed by atoms with Gasteiger partial charge < -0.3 is 25.2 Å². The number of hydrogen-bond donors (Lipinski definition) is 5. The Balaban J connectivity index is 3.14. The van der Waals surface area contributed by atoms with Crippen molar-refractivity contribution in [2.75, 3.05) is 33.6 Å². The fraction of sp³-hybridized carbons (Fsp3) is 1.00. The molecule has 9 nitrogen and oxygen atoms in total. The second kappa shape index (κ2) is 11.6. The van der Waals surface area contributed by atoms with E-state index in [1.165, 1.54) is 0 Å². The maximum Gasteiger partial charge on any atom is 0.191 e. The highest BCUT2D eigenvalue weighted by Crippen LogP contribution is 2.29. The Morgan fingerprint density at radius 3 is 1.93 bits per heavy atom. The standard InChI is InChI=1S/C18H41N4O5/c1-14(23)21(15(2)24)20(18-8-6-7-9-18)13-22(16(3)25,17(4)26)12-19-10-11-27-5/h14-19,23-26H,6-13H2,1-5H3/q+1. The molecule has 162 valence electrons. The lowest BCUT2D eigenvalue weighted by Crippen LogP contribution is -2.70. The molecule has 9 heteroatoms. The molecule has 1 rings (SSSR count). The molecule has 0 amide bonds. The van der Waals surface area contributed by atoms with Crippen molar-refractivity contribution in [3.05, 3.63) is 0 Å². The van der Waals surface area contributed by atoms with Gasteiger partial charge in [-0.25, -0.2) is 4.48 Å². The van der Waals surface area contributed by atoms with Gasteiger partial charge in [-0.1, -0.05) is 12.8 Å². The average molecular weight is 394 g/mol. The topological polar surface area (TPSA) is 109 Å². The largest absolute Gasteiger partial charge is 0.383 e. The maximum atomic E-state index is 10.6. The first-order chi connectivity index (χ1) is 12.7. The molecule has 0 heterocycles. The van der Waals surface area contributed by atoms with Crippen molar-refractivity contribution in [2.45, 2.75) is 84.3 Å². The first kappa shape index (κ1) is 24.7. The number of aliphatic hydroxyl groups excluding tert-OH is 4. The molecule has 4 atom stereocenters. The van der Waals surface area contributed by atoms with Crippen LogP contribution in [0.25, 0.3) is 0 Å². The number of methoxy groups -OCH3 is 1. The van der Waals surface area contributed by atoms with Gasteiger partial charge in [-0.15, -0.1) is 0 Å². The molecule has 1 aliphatic carbocycles. The summed E-state index contributed by atoms with van der Waals surface area (Å²) >= 11 is 0. The van der Waals surface area contributed by atoms with Crippen molar-refractivity contribution in [2.24, 2.45) is 0 Å². The van der Waals surface area contributed by atoms with E-state index >= 15 is 0 Å². The van der Waals surface area contributed by atoms with Crippen LogP contribution in [0.5, 0.6) is 0 Å². The molecule has 0 saturated heterocycles. The van der Waals surface area contributed by atoms with Crippen molar-refractivity contribution >= 4 is 0 Å². The summed E-state index contributed by atoms with van der Waals surface area (Å²) in [7, 11) is 1.62. The zero-order valence-corrected chi connectivity index (χ0v) is 17.6. The number of hydrazine groups is 1. The minimum atomic E-state index is -0.892. The number of quaternary nitrogens is 1. The maximum absolute atomic E-state index is 10.6. The smallest absolute Gasteiger partial charge is 0.191 e. The van der Waals surface area contributed by atoms with Gasteiger partial charge in [-0.3, -0.25) is 5.32 Å². The van der Waals surface area contributed by atoms with Gasteiger partial charge in [-0.2, -0.15) is 10.0 Å². The van der Waals surface area contributed by atoms with Crippen molar-refractivity contribution in [3.63, 3.8) is 0 Å². The number of ether oxygens (including phenoxy) is 1. The van der Waals surface area contributed by atoms with E-state index in [0.29, 0.717) is 19.8 Å². The van der Waals surface area contributed by atoms with Crippen molar-refractivity contribution < 1.29 is 29.6 Å². The first-order valence-electron chi connectivity index (χ1n) is 10.0. The molecule has 1 saturated carbocycles. The molecule has 0 radical (unpaired) electrons. The predicted octanol–water partition coefficient (Wildman–Crippen LogP) is -0.231. The monoisotopic (exact) mass is 393 g/mol. The lowest BCUT2D eigenvalue weighted by Gasteiger charge is -2.50. The van der Waals surface area contributed by atoms with Crippen LogP contribution in [0.4, 0.5) is 0 Å². The molecule has 27 heavy (non-hydrogen) atoms. The van der Waals surface area contributed by atoms with Gasteiger partial charge in [-0.05, 0) is 26.7 Å². The van der Waals surface area contributed by atoms with Crippen molar-refractivity contribution in [1.29, 1.82) is 0 Å². The molecule has 1 fully saturated rings. The lowest BCUT2D eigenvalue weighted by molar-refractivity contribution is -1.02. The number of nitrogens with one attached hydrogen (secondary N) is 1. The zero-order valence-electron chi connectivity index (χ0n) is 17.6. The summed E-state index contributed by atoms with van der Waals surface area (Å²) in [5.74, 6) is 0. The SMILES string of the molecule is COCCNC[N+](CN(C1CCCC1)N(C(C)O)C(C)O)(C(C)O)C(C)O. The Labute approximate surface area is 163 Å². The van der Waals surface area contributed by atoms with Gasteiger partial charge in [0, 0.05) is 33.5 Å². The Bertz CT molecular complexity index is 387. The Hall–Kier alpha value is -0.360. The van der Waals surface area contributed by atoms with Crippen molar-refractivity contribution in [3.8, 4) is 0 Å². The molecule has 4 unspecified atom stereocenters. The van der Waals surface area contributed by atoms with E-state index in [-0.39, 0.29) is 17.2 Å². The van der Waals surface area contributed by atoms with Gasteiger partial charge in [0.1, 0.15) is 19.1 Å². The Kier molecular flexibility index (Phi) is 10.6. The van der Waals surface area contributed by atoms with E-state index in [4.69, 9.17) is 4.74 Å². The molecule has 0 aliphatic heterocycles. The quantitative estimate of drug-likeness (QED) is 0.126. The third-order valence-corrected chi connectivity index (χ3v) is 5.59. The normalized spacial score (nSPS) is 22.8. The minimum Gasteiger partial charge on any atom is -0.383 e. The Morgan fingerprint density at radius 2 is 1.52 bits per heavy atom. The number of rotatable bonds is 13. The van der Waals surface area contributed by atoms with Crippen LogP contribution in [-0.4, -0.2) is 99.5 Å². The van der Waals surface area contributed by atoms with Gasteiger partial charge in [0.2, 0.25) is 0 Å². The molecule has 0 spiro atoms. The molecular formula is C18H41N4O5+. The fourth-order valence-electron chi connectivity index (χ4n) is 3.91. The third-order valence-electron chi connectivity index (χ3n) is 5.59. The molecule has 0 bridgehead atoms. The van der Waals surface area contributed by atoms with Gasteiger partial charge in [0.05, 0.1) is 6.61 Å². The van der Waals surface area contributed by atoms with Crippen LogP contribution in [0, 0.1) is 0 Å². The van der Waals surface area contributed by atoms with Crippen LogP contribution in [-0.2, 0) is 4.74 Å². The molecule has 1 aliphatic rings. The van der Waals surface area contributed by atoms with Crippen molar-refractivity contribution in [1.82, 2.24) is 15.3 Å². The predicted molar refractivity (Wildman–Crippen MR) is 103 cm³/mol.